The summed E-state index contributed by atoms with van der Waals surface area (Å²) in [6, 6.07) is 8.31. The van der Waals surface area contributed by atoms with E-state index in [1.165, 1.54) is 11.1 Å². The second-order valence-corrected chi connectivity index (χ2v) is 5.43. The third-order valence-corrected chi connectivity index (χ3v) is 3.62. The average molecular weight is 253 g/mol. The summed E-state index contributed by atoms with van der Waals surface area (Å²) in [4.78, 5) is 0. The summed E-state index contributed by atoms with van der Waals surface area (Å²) in [6.07, 6.45) is 1.70. The molecule has 1 unspecified atom stereocenters. The van der Waals surface area contributed by atoms with Gasteiger partial charge in [-0.15, -0.1) is 0 Å². The van der Waals surface area contributed by atoms with Crippen molar-refractivity contribution in [1.82, 2.24) is 5.32 Å². The van der Waals surface area contributed by atoms with E-state index in [9.17, 15) is 8.78 Å². The summed E-state index contributed by atoms with van der Waals surface area (Å²) in [5.74, 6) is -2.31. The normalized spacial score (nSPS) is 22.9. The third-order valence-electron chi connectivity index (χ3n) is 3.62. The molecule has 1 aromatic rings. The topological polar surface area (TPSA) is 12.0 Å². The number of hydrogen-bond acceptors (Lipinski definition) is 1. The van der Waals surface area contributed by atoms with Crippen molar-refractivity contribution in [2.75, 3.05) is 6.54 Å². The number of alkyl halides is 2. The van der Waals surface area contributed by atoms with Crippen molar-refractivity contribution < 1.29 is 8.78 Å². The summed E-state index contributed by atoms with van der Waals surface area (Å²) >= 11 is 0. The molecular formula is C15H21F2N. The van der Waals surface area contributed by atoms with Crippen molar-refractivity contribution >= 4 is 0 Å². The fraction of sp³-hybridized carbons (Fsp3) is 0.600. The maximum atomic E-state index is 13.2. The van der Waals surface area contributed by atoms with Gasteiger partial charge in [-0.25, -0.2) is 8.78 Å². The minimum atomic E-state index is -2.44. The largest absolute Gasteiger partial charge is 0.312 e. The highest BCUT2D eigenvalue weighted by Gasteiger charge is 2.35. The van der Waals surface area contributed by atoms with Gasteiger partial charge in [0.05, 0.1) is 0 Å². The van der Waals surface area contributed by atoms with E-state index >= 15 is 0 Å². The molecule has 3 heteroatoms. The van der Waals surface area contributed by atoms with E-state index in [4.69, 9.17) is 0 Å². The van der Waals surface area contributed by atoms with Gasteiger partial charge >= 0.3 is 0 Å². The van der Waals surface area contributed by atoms with E-state index in [2.05, 4.69) is 36.5 Å². The molecule has 0 bridgehead atoms. The quantitative estimate of drug-likeness (QED) is 0.857. The Kier molecular flexibility index (Phi) is 4.33. The van der Waals surface area contributed by atoms with Crippen LogP contribution in [0.2, 0.25) is 0 Å². The van der Waals surface area contributed by atoms with E-state index < -0.39 is 5.92 Å². The molecule has 0 aliphatic heterocycles. The van der Waals surface area contributed by atoms with Crippen LogP contribution in [0.5, 0.6) is 0 Å². The minimum absolute atomic E-state index is 0.0495. The fourth-order valence-electron chi connectivity index (χ4n) is 2.58. The van der Waals surface area contributed by atoms with Crippen molar-refractivity contribution in [3.05, 3.63) is 35.4 Å². The molecule has 1 atom stereocenters. The molecule has 1 aromatic carbocycles. The Morgan fingerprint density at radius 2 is 2.00 bits per heavy atom. The highest BCUT2D eigenvalue weighted by atomic mass is 19.3. The lowest BCUT2D eigenvalue weighted by Crippen LogP contribution is -2.32. The zero-order valence-corrected chi connectivity index (χ0v) is 10.9. The first-order chi connectivity index (χ1) is 8.55. The van der Waals surface area contributed by atoms with Gasteiger partial charge in [0.1, 0.15) is 0 Å². The van der Waals surface area contributed by atoms with Gasteiger partial charge in [-0.2, -0.15) is 0 Å². The molecule has 1 fully saturated rings. The highest BCUT2D eigenvalue weighted by molar-refractivity contribution is 5.21. The molecule has 0 heterocycles. The molecule has 100 valence electrons. The van der Waals surface area contributed by atoms with Crippen LogP contribution in [0.3, 0.4) is 0 Å². The van der Waals surface area contributed by atoms with Crippen molar-refractivity contribution in [2.45, 2.75) is 45.1 Å². The van der Waals surface area contributed by atoms with Crippen molar-refractivity contribution in [2.24, 2.45) is 5.92 Å². The molecule has 0 radical (unpaired) electrons. The molecule has 0 aromatic heterocycles. The standard InChI is InChI=1S/C15H21F2N/c1-12-4-6-13(7-5-12)10-18-11-14-3-2-8-15(16,17)9-14/h4-7,14,18H,2-3,8-11H2,1H3. The molecule has 18 heavy (non-hydrogen) atoms. The van der Waals surface area contributed by atoms with Gasteiger partial charge in [0, 0.05) is 19.4 Å². The smallest absolute Gasteiger partial charge is 0.248 e. The lowest BCUT2D eigenvalue weighted by Gasteiger charge is -2.29. The van der Waals surface area contributed by atoms with E-state index in [1.54, 1.807) is 0 Å². The molecule has 1 saturated carbocycles. The zero-order chi connectivity index (χ0) is 13.0. The first-order valence-corrected chi connectivity index (χ1v) is 6.69. The molecule has 1 aliphatic carbocycles. The molecule has 0 amide bonds. The Morgan fingerprint density at radius 1 is 1.28 bits per heavy atom. The predicted octanol–water partition coefficient (Wildman–Crippen LogP) is 3.91. The molecule has 1 nitrogen and oxygen atoms in total. The average Bonchev–Trinajstić information content (AvgIpc) is 2.30. The first-order valence-electron chi connectivity index (χ1n) is 6.69. The van der Waals surface area contributed by atoms with Gasteiger partial charge in [-0.3, -0.25) is 0 Å². The van der Waals surface area contributed by atoms with Gasteiger partial charge in [-0.05, 0) is 37.8 Å². The second-order valence-electron chi connectivity index (χ2n) is 5.43. The van der Waals surface area contributed by atoms with Crippen molar-refractivity contribution in [3.63, 3.8) is 0 Å². The van der Waals surface area contributed by atoms with Gasteiger partial charge in [0.25, 0.3) is 0 Å². The van der Waals surface area contributed by atoms with Gasteiger partial charge in [0.15, 0.2) is 0 Å². The predicted molar refractivity (Wildman–Crippen MR) is 69.8 cm³/mol. The van der Waals surface area contributed by atoms with Crippen molar-refractivity contribution in [3.8, 4) is 0 Å². The SMILES string of the molecule is Cc1ccc(CNCC2CCCC(F)(F)C2)cc1. The number of benzene rings is 1. The number of nitrogens with one attached hydrogen (secondary N) is 1. The second kappa shape index (κ2) is 5.79. The van der Waals surface area contributed by atoms with Crippen LogP contribution >= 0.6 is 0 Å². The maximum Gasteiger partial charge on any atom is 0.248 e. The Hall–Kier alpha value is -0.960. The number of aryl methyl sites for hydroxylation is 1. The lowest BCUT2D eigenvalue weighted by atomic mass is 9.86. The summed E-state index contributed by atoms with van der Waals surface area (Å²) in [6.45, 7) is 3.52. The van der Waals surface area contributed by atoms with Crippen LogP contribution in [0.15, 0.2) is 24.3 Å². The van der Waals surface area contributed by atoms with Crippen LogP contribution in [0.25, 0.3) is 0 Å². The van der Waals surface area contributed by atoms with Gasteiger partial charge in [-0.1, -0.05) is 29.8 Å². The minimum Gasteiger partial charge on any atom is -0.312 e. The van der Waals surface area contributed by atoms with Crippen LogP contribution in [0.4, 0.5) is 8.78 Å². The fourth-order valence-corrected chi connectivity index (χ4v) is 2.58. The Bertz CT molecular complexity index is 373. The van der Waals surface area contributed by atoms with Crippen LogP contribution in [-0.2, 0) is 6.54 Å². The molecule has 1 N–H and O–H groups in total. The Balaban J connectivity index is 1.73. The Morgan fingerprint density at radius 3 is 2.67 bits per heavy atom. The van der Waals surface area contributed by atoms with Crippen LogP contribution in [-0.4, -0.2) is 12.5 Å². The lowest BCUT2D eigenvalue weighted by molar-refractivity contribution is -0.0520. The van der Waals surface area contributed by atoms with E-state index in [-0.39, 0.29) is 18.8 Å². The molecular weight excluding hydrogens is 232 g/mol. The third kappa shape index (κ3) is 4.05. The summed E-state index contributed by atoms with van der Waals surface area (Å²) in [5.41, 5.74) is 2.45. The maximum absolute atomic E-state index is 13.2. The van der Waals surface area contributed by atoms with Crippen LogP contribution < -0.4 is 5.32 Å². The Labute approximate surface area is 108 Å². The highest BCUT2D eigenvalue weighted by Crippen LogP contribution is 2.36. The first kappa shape index (κ1) is 13.5. The monoisotopic (exact) mass is 253 g/mol. The molecule has 1 aliphatic rings. The van der Waals surface area contributed by atoms with Gasteiger partial charge in [0.2, 0.25) is 5.92 Å². The van der Waals surface area contributed by atoms with E-state index in [0.717, 1.165) is 13.0 Å². The molecule has 0 spiro atoms. The number of halogens is 2. The molecule has 0 saturated heterocycles. The number of rotatable bonds is 4. The number of hydrogen-bond donors (Lipinski definition) is 1. The van der Waals surface area contributed by atoms with Crippen LogP contribution in [0, 0.1) is 12.8 Å². The summed E-state index contributed by atoms with van der Waals surface area (Å²) < 4.78 is 26.4. The van der Waals surface area contributed by atoms with Crippen molar-refractivity contribution in [1.29, 1.82) is 0 Å². The molecule has 2 rings (SSSR count). The summed E-state index contributed by atoms with van der Waals surface area (Å²) in [7, 11) is 0. The summed E-state index contributed by atoms with van der Waals surface area (Å²) in [5, 5.41) is 3.30. The zero-order valence-electron chi connectivity index (χ0n) is 10.9. The van der Waals surface area contributed by atoms with Gasteiger partial charge < -0.3 is 5.32 Å². The van der Waals surface area contributed by atoms with E-state index in [1.807, 2.05) is 0 Å². The van der Waals surface area contributed by atoms with Crippen LogP contribution in [0.1, 0.15) is 36.8 Å². The van der Waals surface area contributed by atoms with E-state index in [0.29, 0.717) is 13.0 Å².